The predicted octanol–water partition coefficient (Wildman–Crippen LogP) is 4.32. The number of rotatable bonds is 13. The van der Waals surface area contributed by atoms with Crippen LogP contribution in [0.15, 0.2) is 90.1 Å². The van der Waals surface area contributed by atoms with Crippen LogP contribution in [0.4, 0.5) is 0 Å². The Kier molecular flexibility index (Phi) is 10.4. The summed E-state index contributed by atoms with van der Waals surface area (Å²) in [5.74, 6) is -0.566. The zero-order valence-electron chi connectivity index (χ0n) is 19.9. The van der Waals surface area contributed by atoms with Gasteiger partial charge in [-0.2, -0.15) is 0 Å². The number of aliphatic hydroxyl groups is 1. The highest BCUT2D eigenvalue weighted by Gasteiger charge is 2.32. The molecule has 1 N–H and O–H groups in total. The molecule has 3 aromatic rings. The Morgan fingerprint density at radius 1 is 0.914 bits per heavy atom. The third-order valence-corrected chi connectivity index (χ3v) is 5.23. The van der Waals surface area contributed by atoms with Crippen LogP contribution in [-0.4, -0.2) is 49.3 Å². The molecule has 3 atom stereocenters. The zero-order valence-corrected chi connectivity index (χ0v) is 19.9. The number of benzene rings is 3. The lowest BCUT2D eigenvalue weighted by atomic mass is 10.1. The van der Waals surface area contributed by atoms with Crippen molar-refractivity contribution in [1.29, 1.82) is 0 Å². The van der Waals surface area contributed by atoms with E-state index in [1.165, 1.54) is 13.3 Å². The molecule has 0 saturated heterocycles. The summed E-state index contributed by atoms with van der Waals surface area (Å²) in [4.78, 5) is 17.7. The molecule has 7 heteroatoms. The van der Waals surface area contributed by atoms with Crippen molar-refractivity contribution in [3.8, 4) is 0 Å². The standard InChI is InChI=1S/C28H31NO6/c1-21-13-15-24(16-14-21)28(31)35-26(17-29-32-2)27(34-19-23-11-7-4-8-12-23)25(30)20-33-18-22-9-5-3-6-10-22/h3-17,25-27,30H,18-20H2,1-2H3/t25-,26+,27+/m0/s1. The summed E-state index contributed by atoms with van der Waals surface area (Å²) in [7, 11) is 1.38. The van der Waals surface area contributed by atoms with E-state index in [9.17, 15) is 9.90 Å². The Bertz CT molecular complexity index is 1040. The maximum absolute atomic E-state index is 12.8. The lowest BCUT2D eigenvalue weighted by Crippen LogP contribution is -2.45. The maximum Gasteiger partial charge on any atom is 0.338 e. The Morgan fingerprint density at radius 3 is 2.11 bits per heavy atom. The van der Waals surface area contributed by atoms with Crippen molar-refractivity contribution in [3.05, 3.63) is 107 Å². The van der Waals surface area contributed by atoms with Crippen molar-refractivity contribution in [3.63, 3.8) is 0 Å². The average Bonchev–Trinajstić information content (AvgIpc) is 2.88. The molecule has 0 bridgehead atoms. The van der Waals surface area contributed by atoms with Gasteiger partial charge in [0.2, 0.25) is 0 Å². The summed E-state index contributed by atoms with van der Waals surface area (Å²) in [6.07, 6.45) is -1.79. The van der Waals surface area contributed by atoms with Gasteiger partial charge in [-0.05, 0) is 30.2 Å². The number of oxime groups is 1. The summed E-state index contributed by atoms with van der Waals surface area (Å²) in [5.41, 5.74) is 3.28. The number of aliphatic hydroxyl groups excluding tert-OH is 1. The second kappa shape index (κ2) is 14.0. The van der Waals surface area contributed by atoms with Crippen molar-refractivity contribution in [2.75, 3.05) is 13.7 Å². The highest BCUT2D eigenvalue weighted by molar-refractivity contribution is 5.90. The van der Waals surface area contributed by atoms with Gasteiger partial charge in [-0.3, -0.25) is 0 Å². The molecule has 35 heavy (non-hydrogen) atoms. The Labute approximate surface area is 205 Å². The molecular formula is C28H31NO6. The molecule has 0 spiro atoms. The van der Waals surface area contributed by atoms with Crippen molar-refractivity contribution in [2.24, 2.45) is 5.16 Å². The van der Waals surface area contributed by atoms with Gasteiger partial charge in [0.05, 0.1) is 31.6 Å². The molecule has 0 heterocycles. The number of hydrogen-bond donors (Lipinski definition) is 1. The van der Waals surface area contributed by atoms with E-state index in [-0.39, 0.29) is 13.2 Å². The highest BCUT2D eigenvalue weighted by Crippen LogP contribution is 2.16. The third kappa shape index (κ3) is 8.64. The van der Waals surface area contributed by atoms with Gasteiger partial charge in [0.15, 0.2) is 6.10 Å². The highest BCUT2D eigenvalue weighted by atomic mass is 16.6. The van der Waals surface area contributed by atoms with Gasteiger partial charge in [0.1, 0.15) is 19.3 Å². The van der Waals surface area contributed by atoms with E-state index in [1.54, 1.807) is 12.1 Å². The van der Waals surface area contributed by atoms with E-state index in [2.05, 4.69) is 5.16 Å². The lowest BCUT2D eigenvalue weighted by molar-refractivity contribution is -0.114. The van der Waals surface area contributed by atoms with Crippen LogP contribution in [-0.2, 0) is 32.3 Å². The fourth-order valence-electron chi connectivity index (χ4n) is 3.34. The molecule has 0 saturated carbocycles. The second-order valence-electron chi connectivity index (χ2n) is 8.00. The first-order chi connectivity index (χ1) is 17.1. The molecule has 0 unspecified atom stereocenters. The van der Waals surface area contributed by atoms with Gasteiger partial charge in [-0.25, -0.2) is 4.79 Å². The molecule has 0 fully saturated rings. The summed E-state index contributed by atoms with van der Waals surface area (Å²) in [6, 6.07) is 26.2. The molecule has 0 radical (unpaired) electrons. The minimum absolute atomic E-state index is 0.0340. The normalized spacial score (nSPS) is 13.8. The van der Waals surface area contributed by atoms with Crippen LogP contribution in [0, 0.1) is 6.92 Å². The second-order valence-corrected chi connectivity index (χ2v) is 8.00. The number of aryl methyl sites for hydroxylation is 1. The summed E-state index contributed by atoms with van der Waals surface area (Å²) in [6.45, 7) is 2.42. The van der Waals surface area contributed by atoms with Gasteiger partial charge in [0, 0.05) is 0 Å². The van der Waals surface area contributed by atoms with Gasteiger partial charge in [-0.15, -0.1) is 0 Å². The van der Waals surface area contributed by atoms with E-state index in [0.29, 0.717) is 12.2 Å². The van der Waals surface area contributed by atoms with Crippen molar-refractivity contribution >= 4 is 12.2 Å². The zero-order chi connectivity index (χ0) is 24.9. The maximum atomic E-state index is 12.8. The fourth-order valence-corrected chi connectivity index (χ4v) is 3.34. The molecule has 184 valence electrons. The van der Waals surface area contributed by atoms with Gasteiger partial charge < -0.3 is 24.2 Å². The monoisotopic (exact) mass is 477 g/mol. The topological polar surface area (TPSA) is 86.6 Å². The van der Waals surface area contributed by atoms with Crippen molar-refractivity contribution in [2.45, 2.75) is 38.4 Å². The van der Waals surface area contributed by atoms with E-state index < -0.39 is 24.3 Å². The number of nitrogens with zero attached hydrogens (tertiary/aromatic N) is 1. The van der Waals surface area contributed by atoms with E-state index in [1.807, 2.05) is 79.7 Å². The minimum atomic E-state index is -1.11. The van der Waals surface area contributed by atoms with Crippen LogP contribution < -0.4 is 0 Å². The van der Waals surface area contributed by atoms with Gasteiger partial charge in [-0.1, -0.05) is 83.5 Å². The predicted molar refractivity (Wildman–Crippen MR) is 133 cm³/mol. The molecule has 7 nitrogen and oxygen atoms in total. The summed E-state index contributed by atoms with van der Waals surface area (Å²) < 4.78 is 17.5. The first kappa shape index (κ1) is 26.1. The molecule has 0 aromatic heterocycles. The minimum Gasteiger partial charge on any atom is -0.450 e. The number of hydrogen-bond acceptors (Lipinski definition) is 7. The number of esters is 1. The van der Waals surface area contributed by atoms with Crippen LogP contribution in [0.1, 0.15) is 27.0 Å². The van der Waals surface area contributed by atoms with Crippen molar-refractivity contribution < 1.29 is 28.9 Å². The molecule has 3 rings (SSSR count). The van der Waals surface area contributed by atoms with Crippen LogP contribution in [0.3, 0.4) is 0 Å². The van der Waals surface area contributed by atoms with E-state index in [0.717, 1.165) is 16.7 Å². The van der Waals surface area contributed by atoms with E-state index >= 15 is 0 Å². The number of carbonyl (C=O) groups excluding carboxylic acids is 1. The fraction of sp³-hybridized carbons (Fsp3) is 0.286. The molecule has 0 amide bonds. The van der Waals surface area contributed by atoms with Gasteiger partial charge in [0.25, 0.3) is 0 Å². The third-order valence-electron chi connectivity index (χ3n) is 5.23. The molecule has 0 aliphatic carbocycles. The molecular weight excluding hydrogens is 446 g/mol. The number of ether oxygens (including phenoxy) is 3. The molecule has 0 aliphatic heterocycles. The van der Waals surface area contributed by atoms with Gasteiger partial charge >= 0.3 is 5.97 Å². The smallest absolute Gasteiger partial charge is 0.338 e. The first-order valence-corrected chi connectivity index (χ1v) is 11.4. The Morgan fingerprint density at radius 2 is 1.51 bits per heavy atom. The van der Waals surface area contributed by atoms with Crippen LogP contribution in [0.5, 0.6) is 0 Å². The largest absolute Gasteiger partial charge is 0.450 e. The van der Waals surface area contributed by atoms with Crippen LogP contribution in [0.2, 0.25) is 0 Å². The van der Waals surface area contributed by atoms with Crippen LogP contribution >= 0.6 is 0 Å². The average molecular weight is 478 g/mol. The quantitative estimate of drug-likeness (QED) is 0.224. The van der Waals surface area contributed by atoms with Crippen molar-refractivity contribution in [1.82, 2.24) is 0 Å². The van der Waals surface area contributed by atoms with E-state index in [4.69, 9.17) is 19.0 Å². The first-order valence-electron chi connectivity index (χ1n) is 11.4. The molecule has 3 aromatic carbocycles. The summed E-state index contributed by atoms with van der Waals surface area (Å²) >= 11 is 0. The Balaban J connectivity index is 1.75. The summed E-state index contributed by atoms with van der Waals surface area (Å²) in [5, 5.41) is 14.8. The molecule has 0 aliphatic rings. The van der Waals surface area contributed by atoms with Crippen LogP contribution in [0.25, 0.3) is 0 Å². The number of carbonyl (C=O) groups is 1. The SMILES string of the molecule is CON=C[C@@H](OC(=O)c1ccc(C)cc1)[C@H](OCc1ccccc1)[C@@H](O)COCc1ccccc1. The lowest BCUT2D eigenvalue weighted by Gasteiger charge is -2.28. The Hall–Kier alpha value is -3.52.